The van der Waals surface area contributed by atoms with Crippen molar-refractivity contribution < 1.29 is 14.0 Å². The van der Waals surface area contributed by atoms with Crippen LogP contribution in [0.25, 0.3) is 0 Å². The molecule has 1 N–H and O–H groups in total. The van der Waals surface area contributed by atoms with E-state index in [0.717, 1.165) is 6.61 Å². The summed E-state index contributed by atoms with van der Waals surface area (Å²) in [6, 6.07) is 0. The van der Waals surface area contributed by atoms with E-state index in [4.69, 9.17) is 8.85 Å². The molecule has 0 amide bonds. The van der Waals surface area contributed by atoms with Gasteiger partial charge in [0, 0.05) is 19.1 Å². The standard InChI is InChI=1S/C18H42O3Si2/c1-15(14-20-22(8,9)17(2,3)4)16(12-13-19)21-23(10,11)18(5,6)7/h15-16,19H,12-14H2,1-11H3/t15-,16-/m0/s1. The normalized spacial score (nSPS) is 17.2. The largest absolute Gasteiger partial charge is 0.416 e. The summed E-state index contributed by atoms with van der Waals surface area (Å²) in [5.74, 6) is 0.297. The zero-order chi connectivity index (χ0) is 18.7. The minimum atomic E-state index is -1.83. The maximum absolute atomic E-state index is 9.45. The van der Waals surface area contributed by atoms with E-state index < -0.39 is 16.6 Å². The van der Waals surface area contributed by atoms with E-state index in [9.17, 15) is 5.11 Å². The fourth-order valence-corrected chi connectivity index (χ4v) is 4.38. The number of hydrogen-bond donors (Lipinski definition) is 1. The molecule has 0 spiro atoms. The van der Waals surface area contributed by atoms with E-state index in [-0.39, 0.29) is 22.8 Å². The molecule has 0 fully saturated rings. The summed E-state index contributed by atoms with van der Waals surface area (Å²) in [6.45, 7) is 25.8. The van der Waals surface area contributed by atoms with Crippen molar-refractivity contribution >= 4 is 16.6 Å². The lowest BCUT2D eigenvalue weighted by Crippen LogP contribution is -2.47. The molecule has 23 heavy (non-hydrogen) atoms. The molecule has 0 saturated carbocycles. The Morgan fingerprint density at radius 2 is 1.30 bits per heavy atom. The molecule has 140 valence electrons. The highest BCUT2D eigenvalue weighted by Gasteiger charge is 2.41. The van der Waals surface area contributed by atoms with E-state index in [0.29, 0.717) is 12.3 Å². The topological polar surface area (TPSA) is 38.7 Å². The van der Waals surface area contributed by atoms with Crippen LogP contribution in [0.15, 0.2) is 0 Å². The molecule has 0 saturated heterocycles. The fraction of sp³-hybridized carbons (Fsp3) is 1.00. The molecule has 0 radical (unpaired) electrons. The molecule has 5 heteroatoms. The van der Waals surface area contributed by atoms with Crippen LogP contribution in [-0.4, -0.2) is 41.1 Å². The summed E-state index contributed by atoms with van der Waals surface area (Å²) in [5.41, 5.74) is 0. The molecule has 0 aliphatic rings. The second-order valence-corrected chi connectivity index (χ2v) is 19.5. The SMILES string of the molecule is C[C@@H](CO[Si](C)(C)C(C)(C)C)[C@H](CCO)O[Si](C)(C)C(C)(C)C. The van der Waals surface area contributed by atoms with Gasteiger partial charge >= 0.3 is 0 Å². The van der Waals surface area contributed by atoms with Crippen molar-refractivity contribution in [2.24, 2.45) is 5.92 Å². The van der Waals surface area contributed by atoms with Gasteiger partial charge in [0.05, 0.1) is 6.10 Å². The summed E-state index contributed by atoms with van der Waals surface area (Å²) >= 11 is 0. The second-order valence-electron chi connectivity index (χ2n) is 9.98. The highest BCUT2D eigenvalue weighted by Crippen LogP contribution is 2.39. The minimum absolute atomic E-state index is 0.0747. The molecule has 0 aliphatic heterocycles. The summed E-state index contributed by atoms with van der Waals surface area (Å²) < 4.78 is 12.9. The van der Waals surface area contributed by atoms with Crippen molar-refractivity contribution in [3.8, 4) is 0 Å². The Kier molecular flexibility index (Phi) is 8.24. The molecule has 0 aromatic carbocycles. The molecule has 2 atom stereocenters. The third kappa shape index (κ3) is 6.98. The maximum Gasteiger partial charge on any atom is 0.192 e. The molecule has 0 aromatic rings. The van der Waals surface area contributed by atoms with Gasteiger partial charge < -0.3 is 14.0 Å². The lowest BCUT2D eigenvalue weighted by atomic mass is 10.0. The van der Waals surface area contributed by atoms with E-state index in [1.165, 1.54) is 0 Å². The Morgan fingerprint density at radius 1 is 0.870 bits per heavy atom. The maximum atomic E-state index is 9.45. The molecule has 0 unspecified atom stereocenters. The van der Waals surface area contributed by atoms with Crippen LogP contribution in [0.5, 0.6) is 0 Å². The molecule has 0 aliphatic carbocycles. The van der Waals surface area contributed by atoms with Crippen LogP contribution in [-0.2, 0) is 8.85 Å². The van der Waals surface area contributed by atoms with Gasteiger partial charge in [0.25, 0.3) is 0 Å². The second kappa shape index (κ2) is 8.13. The van der Waals surface area contributed by atoms with E-state index in [2.05, 4.69) is 74.7 Å². The van der Waals surface area contributed by atoms with Gasteiger partial charge in [-0.25, -0.2) is 0 Å². The fourth-order valence-electron chi connectivity index (χ4n) is 1.81. The zero-order valence-electron chi connectivity index (χ0n) is 17.5. The van der Waals surface area contributed by atoms with E-state index in [1.807, 2.05) is 0 Å². The third-order valence-electron chi connectivity index (χ3n) is 5.81. The van der Waals surface area contributed by atoms with Crippen LogP contribution in [0.1, 0.15) is 54.9 Å². The van der Waals surface area contributed by atoms with E-state index in [1.54, 1.807) is 0 Å². The van der Waals surface area contributed by atoms with Crippen molar-refractivity contribution in [1.29, 1.82) is 0 Å². The summed E-state index contributed by atoms with van der Waals surface area (Å²) in [7, 11) is -3.57. The van der Waals surface area contributed by atoms with Gasteiger partial charge in [0.15, 0.2) is 16.6 Å². The lowest BCUT2D eigenvalue weighted by molar-refractivity contribution is 0.0667. The molecular weight excluding hydrogens is 320 g/mol. The van der Waals surface area contributed by atoms with E-state index >= 15 is 0 Å². The summed E-state index contributed by atoms with van der Waals surface area (Å²) in [4.78, 5) is 0. The van der Waals surface area contributed by atoms with Crippen molar-refractivity contribution in [2.75, 3.05) is 13.2 Å². The first-order valence-corrected chi connectivity index (χ1v) is 14.8. The van der Waals surface area contributed by atoms with Gasteiger partial charge in [-0.3, -0.25) is 0 Å². The number of aliphatic hydroxyl groups is 1. The van der Waals surface area contributed by atoms with Crippen LogP contribution in [0.2, 0.25) is 36.3 Å². The quantitative estimate of drug-likeness (QED) is 0.586. The van der Waals surface area contributed by atoms with Crippen LogP contribution < -0.4 is 0 Å². The molecule has 0 rings (SSSR count). The predicted molar refractivity (Wildman–Crippen MR) is 106 cm³/mol. The van der Waals surface area contributed by atoms with Crippen LogP contribution >= 0.6 is 0 Å². The first kappa shape index (κ1) is 23.3. The van der Waals surface area contributed by atoms with Crippen LogP contribution in [0, 0.1) is 5.92 Å². The first-order chi connectivity index (χ1) is 10.0. The van der Waals surface area contributed by atoms with Gasteiger partial charge in [-0.05, 0) is 42.7 Å². The number of hydrogen-bond acceptors (Lipinski definition) is 3. The minimum Gasteiger partial charge on any atom is -0.416 e. The van der Waals surface area contributed by atoms with Crippen molar-refractivity contribution in [2.45, 2.75) is 97.3 Å². The molecule has 0 aromatic heterocycles. The average Bonchev–Trinajstić information content (AvgIpc) is 2.32. The van der Waals surface area contributed by atoms with Crippen molar-refractivity contribution in [3.63, 3.8) is 0 Å². The highest BCUT2D eigenvalue weighted by atomic mass is 28.4. The predicted octanol–water partition coefficient (Wildman–Crippen LogP) is 5.42. The molecule has 3 nitrogen and oxygen atoms in total. The number of aliphatic hydroxyl groups excluding tert-OH is 1. The lowest BCUT2D eigenvalue weighted by Gasteiger charge is -2.42. The Balaban J connectivity index is 4.92. The Bertz CT molecular complexity index is 354. The van der Waals surface area contributed by atoms with Gasteiger partial charge in [0.1, 0.15) is 0 Å². The molecule has 0 bridgehead atoms. The highest BCUT2D eigenvalue weighted by molar-refractivity contribution is 6.74. The monoisotopic (exact) mass is 362 g/mol. The van der Waals surface area contributed by atoms with Crippen LogP contribution in [0.3, 0.4) is 0 Å². The smallest absolute Gasteiger partial charge is 0.192 e. The number of rotatable bonds is 8. The molecule has 0 heterocycles. The summed E-state index contributed by atoms with van der Waals surface area (Å²) in [6.07, 6.45) is 0.764. The zero-order valence-corrected chi connectivity index (χ0v) is 19.5. The Morgan fingerprint density at radius 3 is 1.65 bits per heavy atom. The van der Waals surface area contributed by atoms with Crippen molar-refractivity contribution in [1.82, 2.24) is 0 Å². The van der Waals surface area contributed by atoms with Gasteiger partial charge in [-0.1, -0.05) is 48.5 Å². The first-order valence-electron chi connectivity index (χ1n) is 8.98. The van der Waals surface area contributed by atoms with Gasteiger partial charge in [-0.15, -0.1) is 0 Å². The average molecular weight is 363 g/mol. The Hall–Kier alpha value is 0.314. The van der Waals surface area contributed by atoms with Crippen LogP contribution in [0.4, 0.5) is 0 Å². The van der Waals surface area contributed by atoms with Gasteiger partial charge in [0.2, 0.25) is 0 Å². The Labute approximate surface area is 147 Å². The van der Waals surface area contributed by atoms with Crippen molar-refractivity contribution in [3.05, 3.63) is 0 Å². The third-order valence-corrected chi connectivity index (χ3v) is 14.8. The van der Waals surface area contributed by atoms with Gasteiger partial charge in [-0.2, -0.15) is 0 Å². The summed E-state index contributed by atoms with van der Waals surface area (Å²) in [5, 5.41) is 9.85. The molecular formula is C18H42O3Si2.